The standard InChI is InChI=1S/C18H27N3O3/c1-13-7-5-6-8-14(13)20-18(15(19)22)9-11-21(12-10-18)16(23)24-17(2,3)4/h5-8,20H,9-12H2,1-4H3,(H2,19,22). The van der Waals surface area contributed by atoms with E-state index in [1.54, 1.807) is 4.90 Å². The predicted octanol–water partition coefficient (Wildman–Crippen LogP) is 2.66. The molecule has 0 atom stereocenters. The first-order valence-corrected chi connectivity index (χ1v) is 8.25. The lowest BCUT2D eigenvalue weighted by molar-refractivity contribution is -0.123. The van der Waals surface area contributed by atoms with Gasteiger partial charge in [0.1, 0.15) is 11.1 Å². The molecule has 2 amide bonds. The summed E-state index contributed by atoms with van der Waals surface area (Å²) in [6, 6.07) is 7.77. The molecule has 0 radical (unpaired) electrons. The average molecular weight is 333 g/mol. The first kappa shape index (κ1) is 18.1. The first-order valence-electron chi connectivity index (χ1n) is 8.25. The summed E-state index contributed by atoms with van der Waals surface area (Å²) in [5.41, 5.74) is 6.25. The molecule has 0 aromatic heterocycles. The SMILES string of the molecule is Cc1ccccc1NC1(C(N)=O)CCN(C(=O)OC(C)(C)C)CC1. The van der Waals surface area contributed by atoms with Crippen LogP contribution in [0.25, 0.3) is 0 Å². The normalized spacial score (nSPS) is 17.2. The zero-order valence-electron chi connectivity index (χ0n) is 14.9. The van der Waals surface area contributed by atoms with Gasteiger partial charge in [-0.15, -0.1) is 0 Å². The number of carbonyl (C=O) groups excluding carboxylic acids is 2. The van der Waals surface area contributed by atoms with E-state index in [2.05, 4.69) is 5.32 Å². The third-order valence-corrected chi connectivity index (χ3v) is 4.26. The van der Waals surface area contributed by atoms with Gasteiger partial charge in [-0.1, -0.05) is 18.2 Å². The van der Waals surface area contributed by atoms with E-state index in [0.29, 0.717) is 25.9 Å². The monoisotopic (exact) mass is 333 g/mol. The average Bonchev–Trinajstić information content (AvgIpc) is 2.48. The highest BCUT2D eigenvalue weighted by Gasteiger charge is 2.41. The highest BCUT2D eigenvalue weighted by atomic mass is 16.6. The van der Waals surface area contributed by atoms with Crippen LogP contribution in [0.4, 0.5) is 10.5 Å². The van der Waals surface area contributed by atoms with Crippen molar-refractivity contribution in [2.24, 2.45) is 5.73 Å². The maximum Gasteiger partial charge on any atom is 0.410 e. The summed E-state index contributed by atoms with van der Waals surface area (Å²) in [5, 5.41) is 3.32. The third kappa shape index (κ3) is 4.19. The Morgan fingerprint density at radius 1 is 1.21 bits per heavy atom. The lowest BCUT2D eigenvalue weighted by atomic mass is 9.86. The molecule has 0 unspecified atom stereocenters. The summed E-state index contributed by atoms with van der Waals surface area (Å²) in [6.07, 6.45) is 0.558. The number of nitrogens with two attached hydrogens (primary N) is 1. The van der Waals surface area contributed by atoms with Crippen LogP contribution in [-0.4, -0.2) is 41.1 Å². The molecule has 3 N–H and O–H groups in total. The third-order valence-electron chi connectivity index (χ3n) is 4.26. The lowest BCUT2D eigenvalue weighted by Gasteiger charge is -2.41. The number of nitrogens with one attached hydrogen (secondary N) is 1. The number of hydrogen-bond acceptors (Lipinski definition) is 4. The number of rotatable bonds is 3. The van der Waals surface area contributed by atoms with Gasteiger partial charge in [-0.25, -0.2) is 4.79 Å². The van der Waals surface area contributed by atoms with Gasteiger partial charge in [0.05, 0.1) is 0 Å². The summed E-state index contributed by atoms with van der Waals surface area (Å²) < 4.78 is 5.39. The summed E-state index contributed by atoms with van der Waals surface area (Å²) in [5.74, 6) is -0.394. The zero-order chi connectivity index (χ0) is 18.0. The molecule has 1 fully saturated rings. The molecule has 0 saturated carbocycles. The second kappa shape index (κ2) is 6.71. The molecular formula is C18H27N3O3. The van der Waals surface area contributed by atoms with Crippen LogP contribution in [0, 0.1) is 6.92 Å². The van der Waals surface area contributed by atoms with Gasteiger partial charge in [0.15, 0.2) is 0 Å². The van der Waals surface area contributed by atoms with Crippen molar-refractivity contribution in [3.63, 3.8) is 0 Å². The van der Waals surface area contributed by atoms with Crippen LogP contribution < -0.4 is 11.1 Å². The predicted molar refractivity (Wildman–Crippen MR) is 93.8 cm³/mol. The molecule has 24 heavy (non-hydrogen) atoms. The fraction of sp³-hybridized carbons (Fsp3) is 0.556. The van der Waals surface area contributed by atoms with Crippen molar-refractivity contribution in [2.45, 2.75) is 51.7 Å². The van der Waals surface area contributed by atoms with Crippen molar-refractivity contribution in [2.75, 3.05) is 18.4 Å². The molecule has 132 valence electrons. The van der Waals surface area contributed by atoms with E-state index in [1.807, 2.05) is 52.0 Å². The van der Waals surface area contributed by atoms with Gasteiger partial charge in [0, 0.05) is 18.8 Å². The number of likely N-dealkylation sites (tertiary alicyclic amines) is 1. The largest absolute Gasteiger partial charge is 0.444 e. The van der Waals surface area contributed by atoms with Gasteiger partial charge >= 0.3 is 6.09 Å². The van der Waals surface area contributed by atoms with Gasteiger partial charge in [0.2, 0.25) is 5.91 Å². The topological polar surface area (TPSA) is 84.7 Å². The number of hydrogen-bond donors (Lipinski definition) is 2. The number of para-hydroxylation sites is 1. The number of carbonyl (C=O) groups is 2. The molecule has 6 nitrogen and oxygen atoms in total. The van der Waals surface area contributed by atoms with Crippen molar-refractivity contribution in [1.82, 2.24) is 4.90 Å². The minimum Gasteiger partial charge on any atom is -0.444 e. The van der Waals surface area contributed by atoms with Gasteiger partial charge in [-0.3, -0.25) is 4.79 Å². The smallest absolute Gasteiger partial charge is 0.410 e. The number of amides is 2. The molecule has 1 aliphatic rings. The number of nitrogens with zero attached hydrogens (tertiary/aromatic N) is 1. The molecular weight excluding hydrogens is 306 g/mol. The van der Waals surface area contributed by atoms with E-state index < -0.39 is 17.0 Å². The summed E-state index contributed by atoms with van der Waals surface area (Å²) in [4.78, 5) is 25.9. The Kier molecular flexibility index (Phi) is 5.06. The molecule has 0 bridgehead atoms. The molecule has 1 aromatic carbocycles. The van der Waals surface area contributed by atoms with Crippen LogP contribution in [0.15, 0.2) is 24.3 Å². The van der Waals surface area contributed by atoms with Crippen molar-refractivity contribution >= 4 is 17.7 Å². The van der Waals surface area contributed by atoms with E-state index in [1.165, 1.54) is 0 Å². The molecule has 1 aliphatic heterocycles. The second-order valence-corrected chi connectivity index (χ2v) is 7.35. The van der Waals surface area contributed by atoms with E-state index in [9.17, 15) is 9.59 Å². The molecule has 1 heterocycles. The highest BCUT2D eigenvalue weighted by Crippen LogP contribution is 2.29. The van der Waals surface area contributed by atoms with Gasteiger partial charge in [-0.05, 0) is 52.2 Å². The van der Waals surface area contributed by atoms with E-state index in [0.717, 1.165) is 11.3 Å². The minimum absolute atomic E-state index is 0.350. The zero-order valence-corrected chi connectivity index (χ0v) is 14.9. The Morgan fingerprint density at radius 3 is 2.29 bits per heavy atom. The van der Waals surface area contributed by atoms with Crippen LogP contribution in [0.1, 0.15) is 39.2 Å². The first-order chi connectivity index (χ1) is 11.1. The molecule has 2 rings (SSSR count). The maximum absolute atomic E-state index is 12.2. The van der Waals surface area contributed by atoms with Crippen molar-refractivity contribution in [1.29, 1.82) is 0 Å². The van der Waals surface area contributed by atoms with Gasteiger partial charge < -0.3 is 20.7 Å². The van der Waals surface area contributed by atoms with Crippen molar-refractivity contribution < 1.29 is 14.3 Å². The fourth-order valence-corrected chi connectivity index (χ4v) is 2.80. The van der Waals surface area contributed by atoms with E-state index in [-0.39, 0.29) is 6.09 Å². The maximum atomic E-state index is 12.2. The number of benzene rings is 1. The molecule has 0 aliphatic carbocycles. The van der Waals surface area contributed by atoms with Gasteiger partial charge in [0.25, 0.3) is 0 Å². The molecule has 6 heteroatoms. The Labute approximate surface area is 143 Å². The minimum atomic E-state index is -0.843. The quantitative estimate of drug-likeness (QED) is 0.890. The molecule has 1 saturated heterocycles. The second-order valence-electron chi connectivity index (χ2n) is 7.35. The Bertz CT molecular complexity index is 614. The lowest BCUT2D eigenvalue weighted by Crippen LogP contribution is -2.58. The van der Waals surface area contributed by atoms with Crippen LogP contribution in [0.2, 0.25) is 0 Å². The molecule has 0 spiro atoms. The van der Waals surface area contributed by atoms with Crippen LogP contribution in [0.5, 0.6) is 0 Å². The van der Waals surface area contributed by atoms with Crippen LogP contribution in [-0.2, 0) is 9.53 Å². The van der Waals surface area contributed by atoms with Gasteiger partial charge in [-0.2, -0.15) is 0 Å². The van der Waals surface area contributed by atoms with E-state index >= 15 is 0 Å². The molecule has 1 aromatic rings. The van der Waals surface area contributed by atoms with Crippen LogP contribution in [0.3, 0.4) is 0 Å². The number of anilines is 1. The van der Waals surface area contributed by atoms with Crippen molar-refractivity contribution in [3.8, 4) is 0 Å². The van der Waals surface area contributed by atoms with E-state index in [4.69, 9.17) is 10.5 Å². The number of primary amides is 1. The van der Waals surface area contributed by atoms with Crippen molar-refractivity contribution in [3.05, 3.63) is 29.8 Å². The number of ether oxygens (including phenoxy) is 1. The highest BCUT2D eigenvalue weighted by molar-refractivity contribution is 5.88. The Balaban J connectivity index is 2.08. The number of aryl methyl sites for hydroxylation is 1. The summed E-state index contributed by atoms with van der Waals surface area (Å²) in [7, 11) is 0. The number of piperidine rings is 1. The Morgan fingerprint density at radius 2 is 1.79 bits per heavy atom. The Hall–Kier alpha value is -2.24. The fourth-order valence-electron chi connectivity index (χ4n) is 2.80. The van der Waals surface area contributed by atoms with Crippen LogP contribution >= 0.6 is 0 Å². The summed E-state index contributed by atoms with van der Waals surface area (Å²) >= 11 is 0. The summed E-state index contributed by atoms with van der Waals surface area (Å²) in [6.45, 7) is 8.34.